The molecule has 0 aromatic carbocycles. The van der Waals surface area contributed by atoms with Crippen LogP contribution in [0.2, 0.25) is 0 Å². The molecule has 0 rings (SSSR count). The molecule has 0 aliphatic carbocycles. The van der Waals surface area contributed by atoms with Crippen molar-refractivity contribution in [2.45, 2.75) is 64.8 Å². The van der Waals surface area contributed by atoms with Crippen molar-refractivity contribution in [3.05, 3.63) is 0 Å². The number of hydrogen-bond donors (Lipinski definition) is 2. The first-order valence-electron chi connectivity index (χ1n) is 6.51. The van der Waals surface area contributed by atoms with E-state index >= 15 is 0 Å². The van der Waals surface area contributed by atoms with E-state index in [9.17, 15) is 19.5 Å². The molecule has 7 nitrogen and oxygen atoms in total. The van der Waals surface area contributed by atoms with Crippen molar-refractivity contribution >= 4 is 17.9 Å². The van der Waals surface area contributed by atoms with E-state index in [2.05, 4.69) is 0 Å². The maximum atomic E-state index is 11.3. The number of carboxylic acid groups (broad SMARTS) is 1. The molecule has 0 amide bonds. The first kappa shape index (κ1) is 18.4. The predicted molar refractivity (Wildman–Crippen MR) is 68.9 cm³/mol. The molecule has 7 heteroatoms. The van der Waals surface area contributed by atoms with Crippen LogP contribution in [-0.4, -0.2) is 46.4 Å². The second-order valence-electron chi connectivity index (χ2n) is 4.64. The Hall–Kier alpha value is -1.63. The third kappa shape index (κ3) is 9.32. The Morgan fingerprint density at radius 2 is 1.75 bits per heavy atom. The van der Waals surface area contributed by atoms with Gasteiger partial charge >= 0.3 is 17.9 Å². The Morgan fingerprint density at radius 3 is 2.20 bits per heavy atom. The molecule has 0 spiro atoms. The van der Waals surface area contributed by atoms with Crippen LogP contribution in [-0.2, 0) is 23.9 Å². The van der Waals surface area contributed by atoms with E-state index in [1.54, 1.807) is 13.8 Å². The SMILES string of the molecule is CCC(O)CC(CC(C)OC(C)=O)OC(=O)CC(=O)O. The van der Waals surface area contributed by atoms with Crippen LogP contribution in [0.1, 0.15) is 46.5 Å². The molecule has 20 heavy (non-hydrogen) atoms. The molecule has 0 radical (unpaired) electrons. The summed E-state index contributed by atoms with van der Waals surface area (Å²) < 4.78 is 9.95. The average molecular weight is 290 g/mol. The number of carboxylic acids is 1. The Kier molecular flexibility index (Phi) is 8.54. The van der Waals surface area contributed by atoms with Crippen LogP contribution in [0.4, 0.5) is 0 Å². The zero-order valence-electron chi connectivity index (χ0n) is 12.0. The van der Waals surface area contributed by atoms with Gasteiger partial charge in [0.25, 0.3) is 0 Å². The quantitative estimate of drug-likeness (QED) is 0.479. The van der Waals surface area contributed by atoms with Crippen LogP contribution in [0.25, 0.3) is 0 Å². The van der Waals surface area contributed by atoms with Gasteiger partial charge in [0.15, 0.2) is 0 Å². The van der Waals surface area contributed by atoms with Crippen molar-refractivity contribution < 1.29 is 34.1 Å². The summed E-state index contributed by atoms with van der Waals surface area (Å²) in [5.41, 5.74) is 0. The van der Waals surface area contributed by atoms with Gasteiger partial charge < -0.3 is 19.7 Å². The number of aliphatic hydroxyl groups excluding tert-OH is 1. The van der Waals surface area contributed by atoms with Crippen molar-refractivity contribution in [2.75, 3.05) is 0 Å². The van der Waals surface area contributed by atoms with E-state index in [1.807, 2.05) is 0 Å². The Balaban J connectivity index is 4.51. The molecule has 0 saturated heterocycles. The lowest BCUT2D eigenvalue weighted by atomic mass is 10.0. The summed E-state index contributed by atoms with van der Waals surface area (Å²) in [4.78, 5) is 32.6. The third-order valence-corrected chi connectivity index (χ3v) is 2.56. The first-order valence-corrected chi connectivity index (χ1v) is 6.51. The summed E-state index contributed by atoms with van der Waals surface area (Å²) in [5, 5.41) is 18.1. The van der Waals surface area contributed by atoms with Gasteiger partial charge in [0.1, 0.15) is 18.6 Å². The number of carbonyl (C=O) groups excluding carboxylic acids is 2. The molecule has 3 unspecified atom stereocenters. The lowest BCUT2D eigenvalue weighted by Gasteiger charge is -2.23. The summed E-state index contributed by atoms with van der Waals surface area (Å²) in [6.45, 7) is 4.68. The van der Waals surface area contributed by atoms with E-state index < -0.39 is 42.6 Å². The Bertz CT molecular complexity index is 340. The summed E-state index contributed by atoms with van der Waals surface area (Å²) in [6, 6.07) is 0. The first-order chi connectivity index (χ1) is 9.24. The van der Waals surface area contributed by atoms with E-state index in [0.29, 0.717) is 6.42 Å². The molecule has 0 aromatic rings. The standard InChI is InChI=1S/C13H22O7/c1-4-10(15)6-11(5-8(2)19-9(3)14)20-13(18)7-12(16)17/h8,10-11,15H,4-7H2,1-3H3,(H,16,17). The van der Waals surface area contributed by atoms with Gasteiger partial charge in [0.2, 0.25) is 0 Å². The molecule has 3 atom stereocenters. The van der Waals surface area contributed by atoms with Gasteiger partial charge in [-0.3, -0.25) is 14.4 Å². The monoisotopic (exact) mass is 290 g/mol. The summed E-state index contributed by atoms with van der Waals surface area (Å²) in [6.07, 6.45) is -1.71. The van der Waals surface area contributed by atoms with Crippen LogP contribution >= 0.6 is 0 Å². The molecule has 0 aliphatic heterocycles. The smallest absolute Gasteiger partial charge is 0.317 e. The fraction of sp³-hybridized carbons (Fsp3) is 0.769. The Labute approximate surface area is 117 Å². The average Bonchev–Trinajstić information content (AvgIpc) is 2.25. The van der Waals surface area contributed by atoms with Crippen LogP contribution < -0.4 is 0 Å². The lowest BCUT2D eigenvalue weighted by Crippen LogP contribution is -2.29. The number of ether oxygens (including phenoxy) is 2. The normalized spacial score (nSPS) is 15.0. The fourth-order valence-corrected chi connectivity index (χ4v) is 1.72. The highest BCUT2D eigenvalue weighted by atomic mass is 16.6. The molecule has 0 aromatic heterocycles. The largest absolute Gasteiger partial charge is 0.481 e. The topological polar surface area (TPSA) is 110 Å². The van der Waals surface area contributed by atoms with Crippen LogP contribution in [0.3, 0.4) is 0 Å². The van der Waals surface area contributed by atoms with E-state index in [1.165, 1.54) is 6.92 Å². The summed E-state index contributed by atoms with van der Waals surface area (Å²) >= 11 is 0. The summed E-state index contributed by atoms with van der Waals surface area (Å²) in [7, 11) is 0. The van der Waals surface area contributed by atoms with Crippen molar-refractivity contribution in [3.8, 4) is 0 Å². The van der Waals surface area contributed by atoms with Gasteiger partial charge in [0.05, 0.1) is 6.10 Å². The molecule has 0 bridgehead atoms. The van der Waals surface area contributed by atoms with Gasteiger partial charge in [0, 0.05) is 19.8 Å². The van der Waals surface area contributed by atoms with Crippen LogP contribution in [0, 0.1) is 0 Å². The van der Waals surface area contributed by atoms with Gasteiger partial charge in [-0.25, -0.2) is 0 Å². The number of esters is 2. The van der Waals surface area contributed by atoms with Crippen molar-refractivity contribution in [2.24, 2.45) is 0 Å². The zero-order valence-corrected chi connectivity index (χ0v) is 12.0. The third-order valence-electron chi connectivity index (χ3n) is 2.56. The Morgan fingerprint density at radius 1 is 1.15 bits per heavy atom. The van der Waals surface area contributed by atoms with E-state index in [-0.39, 0.29) is 12.8 Å². The second-order valence-corrected chi connectivity index (χ2v) is 4.64. The minimum absolute atomic E-state index is 0.174. The van der Waals surface area contributed by atoms with E-state index in [4.69, 9.17) is 14.6 Å². The highest BCUT2D eigenvalue weighted by Gasteiger charge is 2.23. The minimum Gasteiger partial charge on any atom is -0.481 e. The van der Waals surface area contributed by atoms with Crippen LogP contribution in [0.15, 0.2) is 0 Å². The number of rotatable bonds is 9. The number of aliphatic carboxylic acids is 1. The van der Waals surface area contributed by atoms with Gasteiger partial charge in [-0.05, 0) is 13.3 Å². The molecule has 0 aliphatic rings. The maximum absolute atomic E-state index is 11.3. The fourth-order valence-electron chi connectivity index (χ4n) is 1.72. The zero-order chi connectivity index (χ0) is 15.7. The highest BCUT2D eigenvalue weighted by molar-refractivity contribution is 5.90. The van der Waals surface area contributed by atoms with Gasteiger partial charge in [-0.15, -0.1) is 0 Å². The summed E-state index contributed by atoms with van der Waals surface area (Å²) in [5.74, 6) is -2.61. The van der Waals surface area contributed by atoms with Crippen molar-refractivity contribution in [3.63, 3.8) is 0 Å². The number of carbonyl (C=O) groups is 3. The minimum atomic E-state index is -1.28. The van der Waals surface area contributed by atoms with Crippen molar-refractivity contribution in [1.29, 1.82) is 0 Å². The molecule has 2 N–H and O–H groups in total. The highest BCUT2D eigenvalue weighted by Crippen LogP contribution is 2.15. The second kappa shape index (κ2) is 9.30. The van der Waals surface area contributed by atoms with E-state index in [0.717, 1.165) is 0 Å². The number of hydrogen-bond acceptors (Lipinski definition) is 6. The molecular weight excluding hydrogens is 268 g/mol. The molecular formula is C13H22O7. The lowest BCUT2D eigenvalue weighted by molar-refractivity contribution is -0.158. The maximum Gasteiger partial charge on any atom is 0.317 e. The van der Waals surface area contributed by atoms with Crippen molar-refractivity contribution in [1.82, 2.24) is 0 Å². The van der Waals surface area contributed by atoms with Gasteiger partial charge in [-0.2, -0.15) is 0 Å². The van der Waals surface area contributed by atoms with Gasteiger partial charge in [-0.1, -0.05) is 6.92 Å². The molecule has 0 fully saturated rings. The predicted octanol–water partition coefficient (Wildman–Crippen LogP) is 0.876. The number of aliphatic hydroxyl groups is 1. The molecule has 0 heterocycles. The molecule has 116 valence electrons. The molecule has 0 saturated carbocycles. The van der Waals surface area contributed by atoms with Crippen LogP contribution in [0.5, 0.6) is 0 Å².